The van der Waals surface area contributed by atoms with Gasteiger partial charge in [0.1, 0.15) is 5.75 Å². The zero-order chi connectivity index (χ0) is 14.3. The van der Waals surface area contributed by atoms with Crippen LogP contribution in [0.2, 0.25) is 0 Å². The predicted molar refractivity (Wildman–Crippen MR) is 76.6 cm³/mol. The summed E-state index contributed by atoms with van der Waals surface area (Å²) in [5.41, 5.74) is 8.48. The molecule has 5 heteroatoms. The van der Waals surface area contributed by atoms with Gasteiger partial charge in [0.15, 0.2) is 5.84 Å². The molecular weight excluding hydrogens is 242 g/mol. The largest absolute Gasteiger partial charge is 0.496 e. The maximum Gasteiger partial charge on any atom is 0.170 e. The van der Waals surface area contributed by atoms with E-state index in [9.17, 15) is 0 Å². The molecule has 4 N–H and O–H groups in total. The number of benzene rings is 1. The molecule has 0 aliphatic carbocycles. The molecule has 0 atom stereocenters. The second kappa shape index (κ2) is 7.43. The summed E-state index contributed by atoms with van der Waals surface area (Å²) in [6, 6.07) is 5.42. The molecule has 0 bridgehead atoms. The molecule has 0 amide bonds. The molecule has 0 heterocycles. The van der Waals surface area contributed by atoms with E-state index in [0.29, 0.717) is 12.1 Å². The average molecular weight is 263 g/mol. The topological polar surface area (TPSA) is 79.9 Å². The average Bonchev–Trinajstić information content (AvgIpc) is 2.42. The number of nitrogens with one attached hydrogen (secondary N) is 1. The van der Waals surface area contributed by atoms with E-state index in [-0.39, 0.29) is 5.84 Å². The molecule has 0 spiro atoms. The summed E-state index contributed by atoms with van der Waals surface area (Å²) in [6.07, 6.45) is 2.11. The summed E-state index contributed by atoms with van der Waals surface area (Å²) < 4.78 is 5.29. The number of hydrogen-bond acceptors (Lipinski definition) is 4. The molecule has 0 aliphatic heterocycles. The Kier molecular flexibility index (Phi) is 5.89. The summed E-state index contributed by atoms with van der Waals surface area (Å²) in [7, 11) is 1.62. The number of amidine groups is 1. The van der Waals surface area contributed by atoms with Crippen molar-refractivity contribution >= 4 is 5.84 Å². The van der Waals surface area contributed by atoms with Crippen LogP contribution in [0.5, 0.6) is 5.75 Å². The van der Waals surface area contributed by atoms with Gasteiger partial charge in [-0.15, -0.1) is 0 Å². The molecule has 0 saturated carbocycles. The SMILES string of the molecule is COc1ccc(/C(N)=N/O)cc1CNCC=C(C)C. The summed E-state index contributed by atoms with van der Waals surface area (Å²) in [4.78, 5) is 0. The van der Waals surface area contributed by atoms with Crippen LogP contribution in [0.3, 0.4) is 0 Å². The molecule has 5 nitrogen and oxygen atoms in total. The molecule has 0 saturated heterocycles. The minimum Gasteiger partial charge on any atom is -0.496 e. The maximum absolute atomic E-state index is 8.69. The highest BCUT2D eigenvalue weighted by Gasteiger charge is 2.06. The molecule has 19 heavy (non-hydrogen) atoms. The standard InChI is InChI=1S/C14H21N3O2/c1-10(2)6-7-16-9-12-8-11(14(15)17-18)4-5-13(12)19-3/h4-6,8,16,18H,7,9H2,1-3H3,(H2,15,17). The van der Waals surface area contributed by atoms with Crippen molar-refractivity contribution in [3.8, 4) is 5.75 Å². The first-order chi connectivity index (χ1) is 9.08. The monoisotopic (exact) mass is 263 g/mol. The van der Waals surface area contributed by atoms with E-state index >= 15 is 0 Å². The van der Waals surface area contributed by atoms with Crippen molar-refractivity contribution in [1.82, 2.24) is 5.32 Å². The summed E-state index contributed by atoms with van der Waals surface area (Å²) in [6.45, 7) is 5.56. The molecule has 104 valence electrons. The van der Waals surface area contributed by atoms with Gasteiger partial charge in [0.2, 0.25) is 0 Å². The second-order valence-electron chi connectivity index (χ2n) is 4.42. The number of oxime groups is 1. The van der Waals surface area contributed by atoms with Crippen molar-refractivity contribution in [3.05, 3.63) is 41.0 Å². The van der Waals surface area contributed by atoms with Crippen molar-refractivity contribution in [2.24, 2.45) is 10.9 Å². The first-order valence-corrected chi connectivity index (χ1v) is 6.07. The van der Waals surface area contributed by atoms with Gasteiger partial charge in [-0.2, -0.15) is 0 Å². The Bertz CT molecular complexity index is 478. The predicted octanol–water partition coefficient (Wildman–Crippen LogP) is 1.85. The third-order valence-corrected chi connectivity index (χ3v) is 2.65. The van der Waals surface area contributed by atoms with Crippen LogP contribution in [0.15, 0.2) is 35.0 Å². The summed E-state index contributed by atoms with van der Waals surface area (Å²) in [5.74, 6) is 0.868. The summed E-state index contributed by atoms with van der Waals surface area (Å²) >= 11 is 0. The van der Waals surface area contributed by atoms with Crippen molar-refractivity contribution in [2.75, 3.05) is 13.7 Å². The first kappa shape index (κ1) is 15.0. The second-order valence-corrected chi connectivity index (χ2v) is 4.42. The summed E-state index contributed by atoms with van der Waals surface area (Å²) in [5, 5.41) is 15.0. The quantitative estimate of drug-likeness (QED) is 0.183. The number of allylic oxidation sites excluding steroid dienone is 1. The van der Waals surface area contributed by atoms with Crippen LogP contribution < -0.4 is 15.8 Å². The van der Waals surface area contributed by atoms with Crippen LogP contribution in [0.4, 0.5) is 0 Å². The molecule has 0 fully saturated rings. The number of methoxy groups -OCH3 is 1. The molecule has 1 aromatic rings. The minimum atomic E-state index is 0.0909. The number of rotatable bonds is 6. The van der Waals surface area contributed by atoms with E-state index in [4.69, 9.17) is 15.7 Å². The van der Waals surface area contributed by atoms with Gasteiger partial charge in [-0.1, -0.05) is 16.8 Å². The molecule has 1 rings (SSSR count). The highest BCUT2D eigenvalue weighted by atomic mass is 16.5. The highest BCUT2D eigenvalue weighted by Crippen LogP contribution is 2.19. The van der Waals surface area contributed by atoms with E-state index in [1.807, 2.05) is 12.1 Å². The van der Waals surface area contributed by atoms with Crippen molar-refractivity contribution in [2.45, 2.75) is 20.4 Å². The number of nitrogens with zero attached hydrogens (tertiary/aromatic N) is 1. The van der Waals surface area contributed by atoms with Crippen LogP contribution >= 0.6 is 0 Å². The third-order valence-electron chi connectivity index (χ3n) is 2.65. The molecule has 0 aromatic heterocycles. The minimum absolute atomic E-state index is 0.0909. The van der Waals surface area contributed by atoms with Crippen LogP contribution in [-0.2, 0) is 6.54 Å². The van der Waals surface area contributed by atoms with Crippen LogP contribution in [0.1, 0.15) is 25.0 Å². The molecule has 0 radical (unpaired) electrons. The van der Waals surface area contributed by atoms with Crippen LogP contribution in [0.25, 0.3) is 0 Å². The Morgan fingerprint density at radius 2 is 2.21 bits per heavy atom. The van der Waals surface area contributed by atoms with E-state index in [1.165, 1.54) is 5.57 Å². The fourth-order valence-electron chi connectivity index (χ4n) is 1.62. The Balaban J connectivity index is 2.81. The Morgan fingerprint density at radius 3 is 2.79 bits per heavy atom. The van der Waals surface area contributed by atoms with Gasteiger partial charge in [-0.05, 0) is 32.0 Å². The Labute approximate surface area is 113 Å². The van der Waals surface area contributed by atoms with Crippen LogP contribution in [-0.4, -0.2) is 24.7 Å². The fourth-order valence-corrected chi connectivity index (χ4v) is 1.62. The molecule has 0 aliphatic rings. The van der Waals surface area contributed by atoms with E-state index in [2.05, 4.69) is 30.4 Å². The molecule has 1 aromatic carbocycles. The Morgan fingerprint density at radius 1 is 1.47 bits per heavy atom. The smallest absolute Gasteiger partial charge is 0.170 e. The maximum atomic E-state index is 8.69. The van der Waals surface area contributed by atoms with E-state index in [0.717, 1.165) is 17.9 Å². The number of nitrogens with two attached hydrogens (primary N) is 1. The first-order valence-electron chi connectivity index (χ1n) is 6.07. The zero-order valence-electron chi connectivity index (χ0n) is 11.6. The zero-order valence-corrected chi connectivity index (χ0v) is 11.6. The number of hydrogen-bond donors (Lipinski definition) is 3. The Hall–Kier alpha value is -2.01. The van der Waals surface area contributed by atoms with Gasteiger partial charge in [-0.3, -0.25) is 0 Å². The fraction of sp³-hybridized carbons (Fsp3) is 0.357. The lowest BCUT2D eigenvalue weighted by molar-refractivity contribution is 0.318. The van der Waals surface area contributed by atoms with Gasteiger partial charge >= 0.3 is 0 Å². The van der Waals surface area contributed by atoms with E-state index < -0.39 is 0 Å². The van der Waals surface area contributed by atoms with Gasteiger partial charge in [-0.25, -0.2) is 0 Å². The van der Waals surface area contributed by atoms with E-state index in [1.54, 1.807) is 13.2 Å². The van der Waals surface area contributed by atoms with Gasteiger partial charge < -0.3 is 21.0 Å². The van der Waals surface area contributed by atoms with Crippen LogP contribution in [0, 0.1) is 0 Å². The van der Waals surface area contributed by atoms with Crippen molar-refractivity contribution in [3.63, 3.8) is 0 Å². The van der Waals surface area contributed by atoms with Crippen molar-refractivity contribution in [1.29, 1.82) is 0 Å². The molecule has 0 unspecified atom stereocenters. The number of ether oxygens (including phenoxy) is 1. The van der Waals surface area contributed by atoms with Gasteiger partial charge in [0.05, 0.1) is 7.11 Å². The molecular formula is C14H21N3O2. The van der Waals surface area contributed by atoms with Gasteiger partial charge in [0.25, 0.3) is 0 Å². The lowest BCUT2D eigenvalue weighted by Crippen LogP contribution is -2.16. The van der Waals surface area contributed by atoms with Gasteiger partial charge in [0, 0.05) is 24.2 Å². The third kappa shape index (κ3) is 4.63. The highest BCUT2D eigenvalue weighted by molar-refractivity contribution is 5.97. The van der Waals surface area contributed by atoms with Crippen molar-refractivity contribution < 1.29 is 9.94 Å². The normalized spacial score (nSPS) is 11.2. The lowest BCUT2D eigenvalue weighted by Gasteiger charge is -2.10. The lowest BCUT2D eigenvalue weighted by atomic mass is 10.1.